The number of halogens is 2. The summed E-state index contributed by atoms with van der Waals surface area (Å²) < 4.78 is 132. The molecule has 1 aliphatic rings. The summed E-state index contributed by atoms with van der Waals surface area (Å²) in [6.07, 6.45) is -7.99. The molecular formula is C55H67F2O16P. The zero-order valence-electron chi connectivity index (χ0n) is 43.5. The van der Waals surface area contributed by atoms with Gasteiger partial charge in [0.05, 0.1) is 81.9 Å². The van der Waals surface area contributed by atoms with E-state index in [9.17, 15) is 4.79 Å². The number of carbonyl (C=O) groups is 1. The summed E-state index contributed by atoms with van der Waals surface area (Å²) in [6, 6.07) is 26.3. The Kier molecular flexibility index (Phi) is 21.2. The second-order valence-corrected chi connectivity index (χ2v) is 20.1. The van der Waals surface area contributed by atoms with Gasteiger partial charge in [0.2, 0.25) is 19.9 Å². The highest BCUT2D eigenvalue weighted by molar-refractivity contribution is 7.58. The number of carbonyl (C=O) groups excluding carboxylic acids is 1. The number of hydrogen-bond donors (Lipinski definition) is 0. The Bertz CT molecular complexity index is 2610. The molecule has 5 aromatic carbocycles. The number of esters is 1. The summed E-state index contributed by atoms with van der Waals surface area (Å²) >= 11 is 0. The van der Waals surface area contributed by atoms with Gasteiger partial charge in [0, 0.05) is 24.1 Å². The third kappa shape index (κ3) is 15.0. The molecule has 0 amide bonds. The van der Waals surface area contributed by atoms with Crippen LogP contribution in [0.5, 0.6) is 46.0 Å². The van der Waals surface area contributed by atoms with Gasteiger partial charge in [-0.2, -0.15) is 0 Å². The minimum atomic E-state index is -4.24. The molecule has 1 fully saturated rings. The smallest absolute Gasteiger partial charge is 0.307 e. The van der Waals surface area contributed by atoms with Crippen molar-refractivity contribution in [2.45, 2.75) is 96.6 Å². The Labute approximate surface area is 431 Å². The highest BCUT2D eigenvalue weighted by Gasteiger charge is 2.50. The minimum Gasteiger partial charge on any atom is -0.497 e. The third-order valence-electron chi connectivity index (χ3n) is 12.2. The zero-order valence-corrected chi connectivity index (χ0v) is 44.4. The highest BCUT2D eigenvalue weighted by Crippen LogP contribution is 2.54. The second kappa shape index (κ2) is 27.4. The summed E-state index contributed by atoms with van der Waals surface area (Å²) in [7, 11) is 6.51. The molecule has 0 radical (unpaired) electrons. The van der Waals surface area contributed by atoms with E-state index in [1.165, 1.54) is 41.6 Å². The molecule has 0 aromatic heterocycles. The molecule has 1 saturated heterocycles. The second-order valence-electron chi connectivity index (χ2n) is 17.5. The zero-order chi connectivity index (χ0) is 53.4. The van der Waals surface area contributed by atoms with Gasteiger partial charge >= 0.3 is 5.97 Å². The molecule has 16 nitrogen and oxygen atoms in total. The van der Waals surface area contributed by atoms with Crippen LogP contribution < -0.4 is 37.9 Å². The molecule has 1 aliphatic heterocycles. The first kappa shape index (κ1) is 57.1. The first-order valence-corrected chi connectivity index (χ1v) is 26.0. The van der Waals surface area contributed by atoms with E-state index in [2.05, 4.69) is 0 Å². The van der Waals surface area contributed by atoms with Crippen LogP contribution in [-0.4, -0.2) is 98.9 Å². The van der Waals surface area contributed by atoms with E-state index in [1.807, 2.05) is 18.2 Å². The number of hydrogen-bond acceptors (Lipinski definition) is 16. The number of rotatable bonds is 28. The van der Waals surface area contributed by atoms with Gasteiger partial charge in [-0.15, -0.1) is 0 Å². The summed E-state index contributed by atoms with van der Waals surface area (Å²) in [5.74, 6) is 0.913. The van der Waals surface area contributed by atoms with E-state index >= 15 is 13.3 Å². The van der Waals surface area contributed by atoms with Gasteiger partial charge in [-0.1, -0.05) is 45.0 Å². The van der Waals surface area contributed by atoms with Crippen molar-refractivity contribution in [2.75, 3.05) is 55.9 Å². The van der Waals surface area contributed by atoms with Crippen molar-refractivity contribution >= 4 is 13.3 Å². The summed E-state index contributed by atoms with van der Waals surface area (Å²) in [5.41, 5.74) is 1.63. The maximum atomic E-state index is 15.5. The van der Waals surface area contributed by atoms with E-state index in [4.69, 9.17) is 66.1 Å². The van der Waals surface area contributed by atoms with Gasteiger partial charge in [-0.05, 0) is 95.9 Å². The Morgan fingerprint density at radius 3 is 1.50 bits per heavy atom. The fourth-order valence-electron chi connectivity index (χ4n) is 8.15. The van der Waals surface area contributed by atoms with Gasteiger partial charge in [-0.3, -0.25) is 13.9 Å². The van der Waals surface area contributed by atoms with Crippen LogP contribution >= 0.6 is 7.37 Å². The first-order valence-electron chi connectivity index (χ1n) is 24.0. The van der Waals surface area contributed by atoms with Gasteiger partial charge in [0.25, 0.3) is 0 Å². The molecule has 0 spiro atoms. The van der Waals surface area contributed by atoms with E-state index < -0.39 is 79.6 Å². The van der Waals surface area contributed by atoms with Crippen LogP contribution in [0.25, 0.3) is 0 Å². The SMILES string of the molecule is CCC(=O)OC(OP(=O)(CC[C@H]1O[C@H](Oc2ccc(OC)cc2)[C@@H](OCc2ccc(OC)c(OC)c2)[C@@H](OCc2ccc(OC)c(OC)c2)[C@@H]1OCc1ccc(OC)c(OC)c1)Cc1c(F)cccc1F)C(C)C. The van der Waals surface area contributed by atoms with Crippen molar-refractivity contribution in [2.24, 2.45) is 5.92 Å². The van der Waals surface area contributed by atoms with Crippen molar-refractivity contribution in [3.63, 3.8) is 0 Å². The lowest BCUT2D eigenvalue weighted by atomic mass is 9.96. The average Bonchev–Trinajstić information content (AvgIpc) is 3.41. The fraction of sp³-hybridized carbons (Fsp3) is 0.436. The van der Waals surface area contributed by atoms with Gasteiger partial charge < -0.3 is 61.6 Å². The van der Waals surface area contributed by atoms with Crippen molar-refractivity contribution in [3.8, 4) is 46.0 Å². The van der Waals surface area contributed by atoms with E-state index in [0.717, 1.165) is 12.1 Å². The van der Waals surface area contributed by atoms with Crippen LogP contribution in [0.15, 0.2) is 97.1 Å². The molecule has 6 rings (SSSR count). The average molecular weight is 1050 g/mol. The molecule has 0 bridgehead atoms. The lowest BCUT2D eigenvalue weighted by molar-refractivity contribution is -0.304. The summed E-state index contributed by atoms with van der Waals surface area (Å²) in [4.78, 5) is 12.7. The van der Waals surface area contributed by atoms with Gasteiger partial charge in [0.1, 0.15) is 41.4 Å². The van der Waals surface area contributed by atoms with Crippen molar-refractivity contribution in [3.05, 3.63) is 131 Å². The molecule has 0 N–H and O–H groups in total. The summed E-state index contributed by atoms with van der Waals surface area (Å²) in [5, 5.41) is 0. The van der Waals surface area contributed by atoms with Crippen molar-refractivity contribution in [1.82, 2.24) is 0 Å². The van der Waals surface area contributed by atoms with E-state index in [0.29, 0.717) is 62.7 Å². The van der Waals surface area contributed by atoms with E-state index in [-0.39, 0.29) is 38.8 Å². The molecule has 1 heterocycles. The molecular weight excluding hydrogens is 986 g/mol. The quantitative estimate of drug-likeness (QED) is 0.0264. The largest absolute Gasteiger partial charge is 0.497 e. The Morgan fingerprint density at radius 1 is 0.595 bits per heavy atom. The van der Waals surface area contributed by atoms with E-state index in [1.54, 1.807) is 95.7 Å². The van der Waals surface area contributed by atoms with Crippen LogP contribution in [0.2, 0.25) is 0 Å². The van der Waals surface area contributed by atoms with Crippen LogP contribution in [0.3, 0.4) is 0 Å². The lowest BCUT2D eigenvalue weighted by Gasteiger charge is -2.46. The molecule has 402 valence electrons. The molecule has 19 heteroatoms. The van der Waals surface area contributed by atoms with Crippen LogP contribution in [0, 0.1) is 17.6 Å². The highest BCUT2D eigenvalue weighted by atomic mass is 31.2. The van der Waals surface area contributed by atoms with Crippen LogP contribution in [0.1, 0.15) is 55.9 Å². The number of ether oxygens (including phenoxy) is 13. The monoisotopic (exact) mass is 1050 g/mol. The summed E-state index contributed by atoms with van der Waals surface area (Å²) in [6.45, 7) is 4.97. The number of methoxy groups -OCH3 is 7. The number of benzene rings is 5. The molecule has 0 saturated carbocycles. The van der Waals surface area contributed by atoms with Crippen molar-refractivity contribution in [1.29, 1.82) is 0 Å². The fourth-order valence-corrected chi connectivity index (χ4v) is 10.6. The maximum Gasteiger partial charge on any atom is 0.307 e. The predicted molar refractivity (Wildman–Crippen MR) is 270 cm³/mol. The topological polar surface area (TPSA) is 163 Å². The normalized spacial score (nSPS) is 18.7. The van der Waals surface area contributed by atoms with Crippen LogP contribution in [-0.2, 0) is 63.6 Å². The van der Waals surface area contributed by atoms with Gasteiger partial charge in [-0.25, -0.2) is 8.78 Å². The Hall–Kier alpha value is -6.14. The molecule has 5 aromatic rings. The molecule has 74 heavy (non-hydrogen) atoms. The first-order chi connectivity index (χ1) is 35.7. The van der Waals surface area contributed by atoms with Crippen LogP contribution in [0.4, 0.5) is 8.78 Å². The Balaban J connectivity index is 1.49. The van der Waals surface area contributed by atoms with Gasteiger partial charge in [0.15, 0.2) is 34.5 Å². The standard InChI is InChI=1S/C55H67F2O16P/c1-11-50(58)72-54(34(2)3)73-74(59,33-40-41(56)13-12-14-42(40)57)26-25-46-51(67-30-35-15-22-43(61-5)47(27-35)64-8)52(68-31-36-16-23-44(62-6)48(28-36)65-9)53(55(71-46)70-39-20-18-38(60-4)19-21-39)69-32-37-17-24-45(63-7)49(29-37)66-10/h12-24,27-29,34,46,51-55H,11,25-26,30-33H2,1-10H3/t46-,51-,52+,53+,54?,55+,74?/m1/s1. The maximum absolute atomic E-state index is 15.5. The lowest BCUT2D eigenvalue weighted by Crippen LogP contribution is -2.61. The Morgan fingerprint density at radius 2 is 1.05 bits per heavy atom. The molecule has 7 atom stereocenters. The third-order valence-corrected chi connectivity index (χ3v) is 14.5. The minimum absolute atomic E-state index is 0.00333. The predicted octanol–water partition coefficient (Wildman–Crippen LogP) is 10.7. The van der Waals surface area contributed by atoms with Crippen molar-refractivity contribution < 1.29 is 84.2 Å². The molecule has 0 aliphatic carbocycles. The molecule has 2 unspecified atom stereocenters.